The maximum absolute atomic E-state index is 12.8. The third-order valence-electron chi connectivity index (χ3n) is 7.00. The van der Waals surface area contributed by atoms with Gasteiger partial charge in [0.1, 0.15) is 17.9 Å². The number of nitrogens with one attached hydrogen (secondary N) is 1. The summed E-state index contributed by atoms with van der Waals surface area (Å²) in [6.07, 6.45) is 7.15. The minimum atomic E-state index is -0.578. The smallest absolute Gasteiger partial charge is 0.255 e. The quantitative estimate of drug-likeness (QED) is 0.751. The summed E-state index contributed by atoms with van der Waals surface area (Å²) >= 11 is 0. The summed E-state index contributed by atoms with van der Waals surface area (Å²) in [5.41, 5.74) is 1.52. The summed E-state index contributed by atoms with van der Waals surface area (Å²) in [5.74, 6) is 0.873. The Morgan fingerprint density at radius 3 is 2.70 bits per heavy atom. The Labute approximate surface area is 176 Å². The zero-order valence-corrected chi connectivity index (χ0v) is 17.3. The zero-order chi connectivity index (χ0) is 20.7. The molecule has 1 saturated carbocycles. The van der Waals surface area contributed by atoms with E-state index in [2.05, 4.69) is 10.2 Å². The highest BCUT2D eigenvalue weighted by atomic mass is 16.5. The molecule has 160 valence electrons. The Balaban J connectivity index is 1.23. The lowest BCUT2D eigenvalue weighted by Gasteiger charge is -2.37. The van der Waals surface area contributed by atoms with Crippen LogP contribution < -0.4 is 10.1 Å². The number of carbonyl (C=O) groups excluding carboxylic acids is 3. The van der Waals surface area contributed by atoms with Gasteiger partial charge in [0.15, 0.2) is 0 Å². The molecule has 2 saturated heterocycles. The SMILES string of the molecule is O=C1CCC(N2Cc3cc(O[C@@H]4CCCN(CC5CCC5)C4)ccc3C2=O)C(=O)N1. The molecule has 5 rings (SSSR count). The Morgan fingerprint density at radius 2 is 1.93 bits per heavy atom. The van der Waals surface area contributed by atoms with Crippen LogP contribution in [0, 0.1) is 5.92 Å². The number of carbonyl (C=O) groups is 3. The van der Waals surface area contributed by atoms with Crippen molar-refractivity contribution >= 4 is 17.7 Å². The monoisotopic (exact) mass is 411 g/mol. The average Bonchev–Trinajstić information content (AvgIpc) is 3.01. The van der Waals surface area contributed by atoms with E-state index in [1.165, 1.54) is 25.8 Å². The van der Waals surface area contributed by atoms with Gasteiger partial charge < -0.3 is 9.64 Å². The standard InChI is InChI=1S/C23H29N3O4/c27-21-9-8-20(22(28)24-21)26-13-16-11-17(6-7-19(16)23(26)29)30-18-5-2-10-25(14-18)12-15-3-1-4-15/h6-7,11,15,18,20H,1-5,8-10,12-14H2,(H,24,27,28)/t18-,20?/m1/s1. The van der Waals surface area contributed by atoms with Crippen molar-refractivity contribution in [2.45, 2.75) is 63.6 Å². The van der Waals surface area contributed by atoms with E-state index >= 15 is 0 Å². The maximum Gasteiger partial charge on any atom is 0.255 e. The van der Waals surface area contributed by atoms with Crippen LogP contribution in [0.2, 0.25) is 0 Å². The number of nitrogens with zero attached hydrogens (tertiary/aromatic N) is 2. The molecule has 30 heavy (non-hydrogen) atoms. The van der Waals surface area contributed by atoms with Crippen molar-refractivity contribution in [3.8, 4) is 5.75 Å². The van der Waals surface area contributed by atoms with E-state index in [4.69, 9.17) is 4.74 Å². The highest BCUT2D eigenvalue weighted by molar-refractivity contribution is 6.05. The Hall–Kier alpha value is -2.41. The van der Waals surface area contributed by atoms with Gasteiger partial charge >= 0.3 is 0 Å². The first-order valence-corrected chi connectivity index (χ1v) is 11.2. The number of fused-ring (bicyclic) bond motifs is 1. The summed E-state index contributed by atoms with van der Waals surface area (Å²) in [7, 11) is 0. The summed E-state index contributed by atoms with van der Waals surface area (Å²) in [4.78, 5) is 40.5. The molecule has 7 heteroatoms. The second-order valence-corrected chi connectivity index (χ2v) is 9.16. The van der Waals surface area contributed by atoms with E-state index in [1.807, 2.05) is 18.2 Å². The van der Waals surface area contributed by atoms with Crippen LogP contribution in [0.4, 0.5) is 0 Å². The fraction of sp³-hybridized carbons (Fsp3) is 0.609. The van der Waals surface area contributed by atoms with Gasteiger partial charge in [0, 0.05) is 31.6 Å². The average molecular weight is 412 g/mol. The predicted molar refractivity (Wildman–Crippen MR) is 110 cm³/mol. The van der Waals surface area contributed by atoms with Gasteiger partial charge in [-0.2, -0.15) is 0 Å². The molecule has 1 unspecified atom stereocenters. The lowest BCUT2D eigenvalue weighted by molar-refractivity contribution is -0.136. The van der Waals surface area contributed by atoms with Crippen LogP contribution in [0.3, 0.4) is 0 Å². The van der Waals surface area contributed by atoms with E-state index in [-0.39, 0.29) is 30.2 Å². The van der Waals surface area contributed by atoms with Crippen LogP contribution in [-0.4, -0.2) is 59.3 Å². The second-order valence-electron chi connectivity index (χ2n) is 9.16. The molecule has 4 aliphatic rings. The summed E-state index contributed by atoms with van der Waals surface area (Å²) in [5, 5.41) is 2.34. The fourth-order valence-corrected chi connectivity index (χ4v) is 5.13. The first-order chi connectivity index (χ1) is 14.6. The number of piperidine rings is 2. The fourth-order valence-electron chi connectivity index (χ4n) is 5.13. The Kier molecular flexibility index (Phi) is 5.23. The largest absolute Gasteiger partial charge is 0.489 e. The molecule has 7 nitrogen and oxygen atoms in total. The van der Waals surface area contributed by atoms with Crippen molar-refractivity contribution in [2.75, 3.05) is 19.6 Å². The van der Waals surface area contributed by atoms with Gasteiger partial charge in [-0.25, -0.2) is 0 Å². The van der Waals surface area contributed by atoms with Gasteiger partial charge in [-0.1, -0.05) is 6.42 Å². The Morgan fingerprint density at radius 1 is 1.07 bits per heavy atom. The molecule has 3 fully saturated rings. The van der Waals surface area contributed by atoms with Crippen molar-refractivity contribution in [3.05, 3.63) is 29.3 Å². The molecular weight excluding hydrogens is 382 g/mol. The predicted octanol–water partition coefficient (Wildman–Crippen LogP) is 2.09. The number of rotatable bonds is 5. The number of imide groups is 1. The third-order valence-corrected chi connectivity index (χ3v) is 7.00. The lowest BCUT2D eigenvalue weighted by atomic mass is 9.84. The molecule has 0 bridgehead atoms. The van der Waals surface area contributed by atoms with Crippen LogP contribution in [0.1, 0.15) is 60.9 Å². The molecule has 2 atom stereocenters. The Bertz CT molecular complexity index is 866. The number of amides is 3. The number of hydrogen-bond acceptors (Lipinski definition) is 5. The molecule has 3 amide bonds. The van der Waals surface area contributed by atoms with Crippen molar-refractivity contribution in [1.82, 2.24) is 15.1 Å². The van der Waals surface area contributed by atoms with E-state index in [1.54, 1.807) is 4.90 Å². The van der Waals surface area contributed by atoms with Crippen LogP contribution in [0.5, 0.6) is 5.75 Å². The van der Waals surface area contributed by atoms with Gasteiger partial charge in [-0.05, 0) is 68.3 Å². The molecule has 1 aromatic rings. The van der Waals surface area contributed by atoms with E-state index in [0.29, 0.717) is 18.5 Å². The van der Waals surface area contributed by atoms with E-state index in [0.717, 1.165) is 43.2 Å². The van der Waals surface area contributed by atoms with E-state index < -0.39 is 6.04 Å². The van der Waals surface area contributed by atoms with Crippen molar-refractivity contribution < 1.29 is 19.1 Å². The van der Waals surface area contributed by atoms with Crippen LogP contribution in [0.15, 0.2) is 18.2 Å². The zero-order valence-electron chi connectivity index (χ0n) is 17.3. The summed E-state index contributed by atoms with van der Waals surface area (Å²) in [6.45, 7) is 3.71. The highest BCUT2D eigenvalue weighted by Gasteiger charge is 2.39. The van der Waals surface area contributed by atoms with Gasteiger partial charge in [0.25, 0.3) is 5.91 Å². The first-order valence-electron chi connectivity index (χ1n) is 11.2. The summed E-state index contributed by atoms with van der Waals surface area (Å²) < 4.78 is 6.30. The van der Waals surface area contributed by atoms with Gasteiger partial charge in [0.2, 0.25) is 11.8 Å². The third kappa shape index (κ3) is 3.83. The second kappa shape index (κ2) is 8.02. The first kappa shape index (κ1) is 19.5. The number of hydrogen-bond donors (Lipinski definition) is 1. The molecule has 3 aliphatic heterocycles. The minimum absolute atomic E-state index is 0.143. The molecule has 0 spiro atoms. The van der Waals surface area contributed by atoms with E-state index in [9.17, 15) is 14.4 Å². The van der Waals surface area contributed by atoms with Crippen molar-refractivity contribution in [2.24, 2.45) is 5.92 Å². The molecule has 1 aliphatic carbocycles. The molecule has 3 heterocycles. The molecule has 1 N–H and O–H groups in total. The van der Waals surface area contributed by atoms with Crippen molar-refractivity contribution in [3.63, 3.8) is 0 Å². The minimum Gasteiger partial charge on any atom is -0.489 e. The topological polar surface area (TPSA) is 79.0 Å². The van der Waals surface area contributed by atoms with Crippen molar-refractivity contribution in [1.29, 1.82) is 0 Å². The molecule has 0 radical (unpaired) electrons. The number of ether oxygens (including phenoxy) is 1. The van der Waals surface area contributed by atoms with Crippen LogP contribution in [-0.2, 0) is 16.1 Å². The van der Waals surface area contributed by atoms with Gasteiger partial charge in [-0.3, -0.25) is 24.6 Å². The molecule has 1 aromatic carbocycles. The number of benzene rings is 1. The molecule has 0 aromatic heterocycles. The van der Waals surface area contributed by atoms with Crippen LogP contribution >= 0.6 is 0 Å². The summed E-state index contributed by atoms with van der Waals surface area (Å²) in [6, 6.07) is 5.05. The lowest BCUT2D eigenvalue weighted by Crippen LogP contribution is -2.52. The van der Waals surface area contributed by atoms with Gasteiger partial charge in [-0.15, -0.1) is 0 Å². The normalized spacial score (nSPS) is 27.6. The van der Waals surface area contributed by atoms with Gasteiger partial charge in [0.05, 0.1) is 0 Å². The number of likely N-dealkylation sites (tertiary alicyclic amines) is 1. The highest BCUT2D eigenvalue weighted by Crippen LogP contribution is 2.32. The maximum atomic E-state index is 12.8. The molecular formula is C23H29N3O4. The van der Waals surface area contributed by atoms with Crippen LogP contribution in [0.25, 0.3) is 0 Å².